The number of amides is 1. The third-order valence-corrected chi connectivity index (χ3v) is 6.98. The van der Waals surface area contributed by atoms with E-state index in [1.54, 1.807) is 4.90 Å². The molecule has 1 aliphatic carbocycles. The van der Waals surface area contributed by atoms with Crippen LogP contribution >= 0.6 is 0 Å². The summed E-state index contributed by atoms with van der Waals surface area (Å²) >= 11 is 0. The molecule has 35 heavy (non-hydrogen) atoms. The molecule has 2 fully saturated rings. The zero-order chi connectivity index (χ0) is 25.2. The minimum Gasteiger partial charge on any atom is -0.507 e. The van der Waals surface area contributed by atoms with Crippen LogP contribution in [0.1, 0.15) is 36.9 Å². The van der Waals surface area contributed by atoms with Crippen LogP contribution in [0, 0.1) is 12.3 Å². The molecular weight excluding hydrogens is 446 g/mol. The summed E-state index contributed by atoms with van der Waals surface area (Å²) in [6.07, 6.45) is 15.1. The monoisotopic (exact) mass is 483 g/mol. The Bertz CT molecular complexity index is 959. The molecule has 2 aliphatic heterocycles. The van der Waals surface area contributed by atoms with Crippen LogP contribution in [0.3, 0.4) is 0 Å². The van der Waals surface area contributed by atoms with Crippen LogP contribution < -0.4 is 4.90 Å². The maximum absolute atomic E-state index is 12.9. The van der Waals surface area contributed by atoms with Gasteiger partial charge in [-0.1, -0.05) is 18.4 Å². The second kappa shape index (κ2) is 13.2. The third-order valence-electron chi connectivity index (χ3n) is 6.98. The van der Waals surface area contributed by atoms with Crippen LogP contribution in [-0.4, -0.2) is 100 Å². The average Bonchev–Trinajstić information content (AvgIpc) is 3.07. The van der Waals surface area contributed by atoms with Crippen molar-refractivity contribution < 1.29 is 20.1 Å². The Morgan fingerprint density at radius 1 is 1.17 bits per heavy atom. The Hall–Kier alpha value is -2.93. The van der Waals surface area contributed by atoms with E-state index in [2.05, 4.69) is 20.7 Å². The Labute approximate surface area is 207 Å². The van der Waals surface area contributed by atoms with Crippen LogP contribution in [0.2, 0.25) is 0 Å². The van der Waals surface area contributed by atoms with E-state index in [4.69, 9.17) is 16.5 Å². The number of nitrogens with zero attached hydrogens (tertiary/aromatic N) is 5. The number of hydrogen-bond acceptors (Lipinski definition) is 8. The average molecular weight is 484 g/mol. The first-order chi connectivity index (χ1) is 17.1. The molecule has 9 heteroatoms. The standard InChI is InChI=1S/C25H33N5O3.CH4O/c1-2-4-23(32)19(9-16-31)17-24(33)29-10-7-20-18-26-25(27-22(20)8-11-29)30-14-12-28(13-15-30)21-5-3-6-21;1-2/h1,4,9,18,21,31-32H,3,5-8,10-17H2;2H,1H3/b19-9-,23-4+;. The van der Waals surface area contributed by atoms with E-state index >= 15 is 0 Å². The topological polar surface area (TPSA) is 113 Å². The third kappa shape index (κ3) is 6.82. The van der Waals surface area contributed by atoms with E-state index in [-0.39, 0.29) is 24.7 Å². The first-order valence-electron chi connectivity index (χ1n) is 12.3. The van der Waals surface area contributed by atoms with Gasteiger partial charge in [-0.05, 0) is 24.8 Å². The number of hydrogen-bond donors (Lipinski definition) is 3. The van der Waals surface area contributed by atoms with E-state index in [9.17, 15) is 15.0 Å². The summed E-state index contributed by atoms with van der Waals surface area (Å²) in [5, 5.41) is 26.3. The smallest absolute Gasteiger partial charge is 0.227 e. The van der Waals surface area contributed by atoms with Gasteiger partial charge in [0.1, 0.15) is 5.76 Å². The fraction of sp³-hybridized carbons (Fsp3) is 0.577. The predicted octanol–water partition coefficient (Wildman–Crippen LogP) is 1.07. The molecule has 3 aliphatic rings. The number of aliphatic hydroxyl groups excluding tert-OH is 3. The van der Waals surface area contributed by atoms with E-state index < -0.39 is 0 Å². The molecular formula is C26H37N5O4. The molecule has 1 aromatic heterocycles. The lowest BCUT2D eigenvalue weighted by Gasteiger charge is -2.43. The number of terminal acetylenes is 1. The van der Waals surface area contributed by atoms with Gasteiger partial charge < -0.3 is 25.1 Å². The number of anilines is 1. The van der Waals surface area contributed by atoms with Crippen molar-refractivity contribution >= 4 is 11.9 Å². The Kier molecular flexibility index (Phi) is 10.1. The molecule has 0 unspecified atom stereocenters. The van der Waals surface area contributed by atoms with Gasteiger partial charge in [-0.15, -0.1) is 6.42 Å². The maximum Gasteiger partial charge on any atom is 0.227 e. The number of fused-ring (bicyclic) bond motifs is 1. The lowest BCUT2D eigenvalue weighted by molar-refractivity contribution is -0.130. The summed E-state index contributed by atoms with van der Waals surface area (Å²) in [5.41, 5.74) is 2.44. The highest BCUT2D eigenvalue weighted by molar-refractivity contribution is 5.79. The Morgan fingerprint density at radius 2 is 1.89 bits per heavy atom. The van der Waals surface area contributed by atoms with Gasteiger partial charge in [0.25, 0.3) is 0 Å². The molecule has 0 bridgehead atoms. The van der Waals surface area contributed by atoms with Gasteiger partial charge in [0.05, 0.1) is 18.7 Å². The van der Waals surface area contributed by atoms with Crippen molar-refractivity contribution in [2.24, 2.45) is 0 Å². The summed E-state index contributed by atoms with van der Waals surface area (Å²) in [6, 6.07) is 0.778. The lowest BCUT2D eigenvalue weighted by Crippen LogP contribution is -2.52. The highest BCUT2D eigenvalue weighted by atomic mass is 16.3. The van der Waals surface area contributed by atoms with E-state index in [1.807, 2.05) is 6.20 Å². The second-order valence-electron chi connectivity index (χ2n) is 8.92. The number of aromatic nitrogens is 2. The largest absolute Gasteiger partial charge is 0.507 e. The van der Waals surface area contributed by atoms with Crippen LogP contribution in [0.25, 0.3) is 0 Å². The molecule has 190 valence electrons. The van der Waals surface area contributed by atoms with Crippen molar-refractivity contribution in [2.75, 3.05) is 57.9 Å². The van der Waals surface area contributed by atoms with E-state index in [0.29, 0.717) is 31.5 Å². The molecule has 3 N–H and O–H groups in total. The maximum atomic E-state index is 12.9. The predicted molar refractivity (Wildman–Crippen MR) is 135 cm³/mol. The van der Waals surface area contributed by atoms with E-state index in [1.165, 1.54) is 31.4 Å². The number of carbonyl (C=O) groups is 1. The molecule has 0 spiro atoms. The van der Waals surface area contributed by atoms with Crippen LogP contribution in [0.5, 0.6) is 0 Å². The molecule has 0 radical (unpaired) electrons. The highest BCUT2D eigenvalue weighted by Crippen LogP contribution is 2.26. The van der Waals surface area contributed by atoms with Gasteiger partial charge in [0, 0.05) is 76.7 Å². The number of piperazine rings is 1. The number of rotatable bonds is 6. The fourth-order valence-electron chi connectivity index (χ4n) is 4.73. The minimum atomic E-state index is -0.274. The molecule has 1 aromatic rings. The van der Waals surface area contributed by atoms with Gasteiger partial charge in [-0.25, -0.2) is 9.97 Å². The van der Waals surface area contributed by atoms with Crippen molar-refractivity contribution in [3.05, 3.63) is 40.9 Å². The Balaban J connectivity index is 0.00000167. The molecule has 3 heterocycles. The van der Waals surface area contributed by atoms with Crippen molar-refractivity contribution in [1.29, 1.82) is 0 Å². The SMILES string of the molecule is C#C/C=C(O)\C(=C/CO)CC(=O)N1CCc2cnc(N3CCN(C4CCC4)CC3)nc2CC1.CO. The molecule has 1 amide bonds. The van der Waals surface area contributed by atoms with Gasteiger partial charge in [-0.3, -0.25) is 9.69 Å². The van der Waals surface area contributed by atoms with Gasteiger partial charge >= 0.3 is 0 Å². The fourth-order valence-corrected chi connectivity index (χ4v) is 4.73. The summed E-state index contributed by atoms with van der Waals surface area (Å²) in [5.74, 6) is 2.76. The molecule has 1 saturated carbocycles. The van der Waals surface area contributed by atoms with Crippen LogP contribution in [0.15, 0.2) is 29.7 Å². The van der Waals surface area contributed by atoms with Crippen molar-refractivity contribution in [1.82, 2.24) is 19.8 Å². The highest BCUT2D eigenvalue weighted by Gasteiger charge is 2.29. The zero-order valence-electron chi connectivity index (χ0n) is 20.6. The zero-order valence-corrected chi connectivity index (χ0v) is 20.6. The first kappa shape index (κ1) is 26.7. The van der Waals surface area contributed by atoms with Crippen molar-refractivity contribution in [3.8, 4) is 12.3 Å². The molecule has 0 aromatic carbocycles. The number of carbonyl (C=O) groups excluding carboxylic acids is 1. The number of aliphatic hydroxyl groups is 3. The van der Waals surface area contributed by atoms with Crippen molar-refractivity contribution in [2.45, 2.75) is 44.6 Å². The molecule has 1 saturated heterocycles. The number of allylic oxidation sites excluding steroid dienone is 2. The first-order valence-corrected chi connectivity index (χ1v) is 12.3. The summed E-state index contributed by atoms with van der Waals surface area (Å²) in [7, 11) is 1.00. The second-order valence-corrected chi connectivity index (χ2v) is 8.92. The van der Waals surface area contributed by atoms with Gasteiger partial charge in [0.15, 0.2) is 0 Å². The summed E-state index contributed by atoms with van der Waals surface area (Å²) in [4.78, 5) is 29.1. The van der Waals surface area contributed by atoms with Gasteiger partial charge in [-0.2, -0.15) is 0 Å². The molecule has 9 nitrogen and oxygen atoms in total. The van der Waals surface area contributed by atoms with Crippen molar-refractivity contribution in [3.63, 3.8) is 0 Å². The lowest BCUT2D eigenvalue weighted by atomic mass is 9.91. The van der Waals surface area contributed by atoms with Crippen LogP contribution in [0.4, 0.5) is 5.95 Å². The quantitative estimate of drug-likeness (QED) is 0.313. The Morgan fingerprint density at radius 3 is 2.51 bits per heavy atom. The molecule has 4 rings (SSSR count). The van der Waals surface area contributed by atoms with Gasteiger partial charge in [0.2, 0.25) is 11.9 Å². The summed E-state index contributed by atoms with van der Waals surface area (Å²) in [6.45, 7) is 4.90. The summed E-state index contributed by atoms with van der Waals surface area (Å²) < 4.78 is 0. The van der Waals surface area contributed by atoms with E-state index in [0.717, 1.165) is 56.5 Å². The molecule has 0 atom stereocenters. The van der Waals surface area contributed by atoms with Crippen LogP contribution in [-0.2, 0) is 17.6 Å². The minimum absolute atomic E-state index is 0.0108. The normalized spacial score (nSPS) is 19.6.